The van der Waals surface area contributed by atoms with E-state index in [9.17, 15) is 14.7 Å². The molecule has 156 valence electrons. The highest BCUT2D eigenvalue weighted by Gasteiger charge is 2.25. The van der Waals surface area contributed by atoms with Crippen molar-refractivity contribution in [3.63, 3.8) is 0 Å². The van der Waals surface area contributed by atoms with Gasteiger partial charge < -0.3 is 10.0 Å². The molecule has 0 unspecified atom stereocenters. The number of para-hydroxylation sites is 1. The summed E-state index contributed by atoms with van der Waals surface area (Å²) >= 11 is 0. The molecule has 30 heavy (non-hydrogen) atoms. The number of phenolic OH excluding ortho intramolecular Hbond substituents is 1. The first-order valence-electron chi connectivity index (χ1n) is 9.89. The van der Waals surface area contributed by atoms with Gasteiger partial charge in [-0.25, -0.2) is 5.43 Å². The second-order valence-electron chi connectivity index (χ2n) is 7.10. The minimum Gasteiger partial charge on any atom is -0.507 e. The lowest BCUT2D eigenvalue weighted by atomic mass is 10.1. The Labute approximate surface area is 176 Å². The second kappa shape index (κ2) is 10.4. The van der Waals surface area contributed by atoms with Crippen molar-refractivity contribution in [1.82, 2.24) is 15.2 Å². The summed E-state index contributed by atoms with van der Waals surface area (Å²) in [6, 6.07) is 15.4. The van der Waals surface area contributed by atoms with Crippen LogP contribution in [0, 0.1) is 0 Å². The fraction of sp³-hybridized carbons (Fsp3) is 0.261. The van der Waals surface area contributed by atoms with Gasteiger partial charge in [0.25, 0.3) is 0 Å². The van der Waals surface area contributed by atoms with Gasteiger partial charge in [-0.1, -0.05) is 48.5 Å². The average Bonchev–Trinajstić information content (AvgIpc) is 2.77. The Kier molecular flexibility index (Phi) is 7.34. The van der Waals surface area contributed by atoms with Crippen LogP contribution in [0.3, 0.4) is 0 Å². The molecular formula is C23H26N4O3. The number of benzene rings is 2. The molecule has 0 radical (unpaired) electrons. The molecule has 2 aromatic rings. The number of aromatic hydroxyl groups is 1. The van der Waals surface area contributed by atoms with Crippen molar-refractivity contribution in [2.24, 2.45) is 5.10 Å². The summed E-state index contributed by atoms with van der Waals surface area (Å²) in [7, 11) is 0. The Hall–Kier alpha value is -3.45. The lowest BCUT2D eigenvalue weighted by Crippen LogP contribution is -2.51. The molecule has 1 aliphatic heterocycles. The summed E-state index contributed by atoms with van der Waals surface area (Å²) in [4.78, 5) is 28.3. The normalized spacial score (nSPS) is 14.6. The van der Waals surface area contributed by atoms with Crippen molar-refractivity contribution in [2.75, 3.05) is 26.2 Å². The van der Waals surface area contributed by atoms with Crippen LogP contribution in [0.15, 0.2) is 66.3 Å². The predicted octanol–water partition coefficient (Wildman–Crippen LogP) is 1.92. The zero-order valence-corrected chi connectivity index (χ0v) is 16.8. The molecule has 0 aromatic heterocycles. The van der Waals surface area contributed by atoms with Gasteiger partial charge in [0.05, 0.1) is 6.21 Å². The number of carbonyl (C=O) groups excluding carboxylic acids is 2. The number of rotatable bonds is 6. The molecule has 7 heteroatoms. The summed E-state index contributed by atoms with van der Waals surface area (Å²) < 4.78 is 0. The molecular weight excluding hydrogens is 380 g/mol. The molecule has 0 aliphatic carbocycles. The van der Waals surface area contributed by atoms with E-state index in [-0.39, 0.29) is 5.75 Å². The lowest BCUT2D eigenvalue weighted by molar-refractivity contribution is -0.147. The van der Waals surface area contributed by atoms with Gasteiger partial charge in [0, 0.05) is 38.3 Å². The van der Waals surface area contributed by atoms with Crippen LogP contribution in [-0.2, 0) is 22.6 Å². The van der Waals surface area contributed by atoms with Crippen molar-refractivity contribution in [1.29, 1.82) is 0 Å². The van der Waals surface area contributed by atoms with Gasteiger partial charge in [-0.2, -0.15) is 5.10 Å². The Morgan fingerprint density at radius 1 is 1.07 bits per heavy atom. The molecule has 7 nitrogen and oxygen atoms in total. The lowest BCUT2D eigenvalue weighted by Gasteiger charge is -2.34. The van der Waals surface area contributed by atoms with Crippen molar-refractivity contribution in [3.8, 4) is 5.75 Å². The molecule has 2 aromatic carbocycles. The highest BCUT2D eigenvalue weighted by Crippen LogP contribution is 2.21. The summed E-state index contributed by atoms with van der Waals surface area (Å²) in [5, 5.41) is 14.0. The van der Waals surface area contributed by atoms with Crippen LogP contribution in [0.2, 0.25) is 0 Å². The number of nitrogens with one attached hydrogen (secondary N) is 1. The van der Waals surface area contributed by atoms with Crippen LogP contribution < -0.4 is 5.43 Å². The average molecular weight is 406 g/mol. The number of allylic oxidation sites excluding steroid dienone is 1. The first kappa shape index (κ1) is 21.3. The number of hydrogen-bond donors (Lipinski definition) is 2. The van der Waals surface area contributed by atoms with Crippen LogP contribution in [0.25, 0.3) is 0 Å². The highest BCUT2D eigenvalue weighted by molar-refractivity contribution is 6.35. The van der Waals surface area contributed by atoms with E-state index >= 15 is 0 Å². The molecule has 1 aliphatic rings. The number of carbonyl (C=O) groups is 2. The van der Waals surface area contributed by atoms with E-state index in [1.54, 1.807) is 24.3 Å². The second-order valence-corrected chi connectivity index (χ2v) is 7.10. The van der Waals surface area contributed by atoms with Crippen molar-refractivity contribution in [2.45, 2.75) is 13.0 Å². The number of hydrazone groups is 1. The first-order chi connectivity index (χ1) is 14.6. The molecule has 2 N–H and O–H groups in total. The molecule has 0 bridgehead atoms. The summed E-state index contributed by atoms with van der Waals surface area (Å²) in [6.07, 6.45) is 3.54. The van der Waals surface area contributed by atoms with Crippen LogP contribution >= 0.6 is 0 Å². The third-order valence-electron chi connectivity index (χ3n) is 4.99. The molecule has 1 fully saturated rings. The molecule has 1 heterocycles. The van der Waals surface area contributed by atoms with E-state index < -0.39 is 11.8 Å². The maximum Gasteiger partial charge on any atom is 0.329 e. The summed E-state index contributed by atoms with van der Waals surface area (Å²) in [5.41, 5.74) is 4.65. The fourth-order valence-corrected chi connectivity index (χ4v) is 3.34. The van der Waals surface area contributed by atoms with E-state index in [1.165, 1.54) is 16.7 Å². The molecule has 3 rings (SSSR count). The number of nitrogens with zero attached hydrogens (tertiary/aromatic N) is 3. The van der Waals surface area contributed by atoms with Crippen molar-refractivity contribution >= 4 is 18.0 Å². The fourth-order valence-electron chi connectivity index (χ4n) is 3.34. The summed E-state index contributed by atoms with van der Waals surface area (Å²) in [6.45, 7) is 6.89. The number of piperazine rings is 1. The van der Waals surface area contributed by atoms with Crippen molar-refractivity contribution < 1.29 is 14.7 Å². The smallest absolute Gasteiger partial charge is 0.329 e. The largest absolute Gasteiger partial charge is 0.507 e. The van der Waals surface area contributed by atoms with Gasteiger partial charge in [0.1, 0.15) is 5.75 Å². The highest BCUT2D eigenvalue weighted by atomic mass is 16.3. The van der Waals surface area contributed by atoms with Gasteiger partial charge in [-0.3, -0.25) is 14.5 Å². The quantitative estimate of drug-likeness (QED) is 0.332. The van der Waals surface area contributed by atoms with Gasteiger partial charge in [-0.05, 0) is 23.6 Å². The molecule has 0 saturated carbocycles. The Bertz CT molecular complexity index is 919. The van der Waals surface area contributed by atoms with E-state index in [0.717, 1.165) is 6.54 Å². The standard InChI is InChI=1S/C23H26N4O3/c1-2-7-19-10-6-11-20(21(19)28)16-24-25-22(29)23(30)27-14-12-26(13-15-27)17-18-8-4-3-5-9-18/h2-6,8-11,16,28H,1,7,12-15,17H2,(H,25,29)/b24-16+. The van der Waals surface area contributed by atoms with Crippen LogP contribution in [0.4, 0.5) is 0 Å². The maximum absolute atomic E-state index is 12.4. The Morgan fingerprint density at radius 2 is 1.80 bits per heavy atom. The third-order valence-corrected chi connectivity index (χ3v) is 4.99. The van der Waals surface area contributed by atoms with E-state index in [4.69, 9.17) is 0 Å². The first-order valence-corrected chi connectivity index (χ1v) is 9.89. The molecule has 1 saturated heterocycles. The SMILES string of the molecule is C=CCc1cccc(/C=N/NC(=O)C(=O)N2CCN(Cc3ccccc3)CC2)c1O. The Balaban J connectivity index is 1.48. The minimum absolute atomic E-state index is 0.0799. The van der Waals surface area contributed by atoms with Gasteiger partial charge >= 0.3 is 11.8 Å². The van der Waals surface area contributed by atoms with E-state index in [1.807, 2.05) is 18.2 Å². The zero-order valence-electron chi connectivity index (χ0n) is 16.8. The topological polar surface area (TPSA) is 85.2 Å². The third kappa shape index (κ3) is 5.55. The van der Waals surface area contributed by atoms with Crippen LogP contribution in [0.5, 0.6) is 5.75 Å². The molecule has 2 amide bonds. The number of amides is 2. The number of hydrogen-bond acceptors (Lipinski definition) is 5. The van der Waals surface area contributed by atoms with Crippen LogP contribution in [0.1, 0.15) is 16.7 Å². The van der Waals surface area contributed by atoms with Gasteiger partial charge in [0.2, 0.25) is 0 Å². The van der Waals surface area contributed by atoms with Crippen LogP contribution in [-0.4, -0.2) is 59.1 Å². The zero-order chi connectivity index (χ0) is 21.3. The molecule has 0 spiro atoms. The van der Waals surface area contributed by atoms with Gasteiger partial charge in [0.15, 0.2) is 0 Å². The Morgan fingerprint density at radius 3 is 2.50 bits per heavy atom. The molecule has 0 atom stereocenters. The number of phenols is 1. The van der Waals surface area contributed by atoms with Gasteiger partial charge in [-0.15, -0.1) is 6.58 Å². The van der Waals surface area contributed by atoms with Crippen molar-refractivity contribution in [3.05, 3.63) is 77.9 Å². The maximum atomic E-state index is 12.4. The minimum atomic E-state index is -0.788. The predicted molar refractivity (Wildman–Crippen MR) is 116 cm³/mol. The van der Waals surface area contributed by atoms with E-state index in [2.05, 4.69) is 34.1 Å². The monoisotopic (exact) mass is 406 g/mol. The van der Waals surface area contributed by atoms with E-state index in [0.29, 0.717) is 43.7 Å². The summed E-state index contributed by atoms with van der Waals surface area (Å²) in [5.74, 6) is -1.31.